The van der Waals surface area contributed by atoms with E-state index in [4.69, 9.17) is 0 Å². The molecule has 0 saturated carbocycles. The van der Waals surface area contributed by atoms with Gasteiger partial charge in [-0.1, -0.05) is 24.8 Å². The molecule has 0 unspecified atom stereocenters. The summed E-state index contributed by atoms with van der Waals surface area (Å²) in [4.78, 5) is 7.32. The molecule has 0 bridgehead atoms. The van der Waals surface area contributed by atoms with Crippen molar-refractivity contribution < 1.29 is 19.5 Å². The summed E-state index contributed by atoms with van der Waals surface area (Å²) in [6, 6.07) is 11.0. The van der Waals surface area contributed by atoms with E-state index in [-0.39, 0.29) is 19.5 Å². The molecule has 2 rings (SSSR count). The molecule has 0 saturated heterocycles. The van der Waals surface area contributed by atoms with Gasteiger partial charge in [0.05, 0.1) is 0 Å². The molecule has 0 fully saturated rings. The Labute approximate surface area is 90.8 Å². The standard InChI is InChI=1S/2C5H4N.Rh/c2*1-2-4-6-5-3-1;/h2*1-4H;/q2*-1;+2. The summed E-state index contributed by atoms with van der Waals surface area (Å²) in [6.07, 6.45) is 8.67. The van der Waals surface area contributed by atoms with E-state index in [1.807, 2.05) is 24.3 Å². The van der Waals surface area contributed by atoms with Crippen LogP contribution in [0.15, 0.2) is 48.8 Å². The van der Waals surface area contributed by atoms with E-state index in [9.17, 15) is 0 Å². The largest absolute Gasteiger partial charge is 2.00 e. The molecule has 0 atom stereocenters. The van der Waals surface area contributed by atoms with Gasteiger partial charge < -0.3 is 9.97 Å². The zero-order chi connectivity index (χ0) is 8.49. The van der Waals surface area contributed by atoms with Gasteiger partial charge in [0.1, 0.15) is 0 Å². The monoisotopic (exact) mass is 259 g/mol. The van der Waals surface area contributed by atoms with Crippen molar-refractivity contribution >= 4 is 0 Å². The average molecular weight is 259 g/mol. The fourth-order valence-electron chi connectivity index (χ4n) is 0.555. The molecule has 2 heterocycles. The second kappa shape index (κ2) is 9.01. The third-order valence-electron chi connectivity index (χ3n) is 1.03. The summed E-state index contributed by atoms with van der Waals surface area (Å²) in [5.41, 5.74) is 0. The van der Waals surface area contributed by atoms with Crippen LogP contribution < -0.4 is 0 Å². The molecule has 13 heavy (non-hydrogen) atoms. The molecule has 3 heteroatoms. The van der Waals surface area contributed by atoms with Gasteiger partial charge in [-0.25, -0.2) is 0 Å². The Kier molecular flexibility index (Phi) is 8.27. The van der Waals surface area contributed by atoms with Gasteiger partial charge in [-0.2, -0.15) is 36.4 Å². The van der Waals surface area contributed by atoms with E-state index in [0.29, 0.717) is 0 Å². The Hall–Kier alpha value is -1.08. The van der Waals surface area contributed by atoms with E-state index >= 15 is 0 Å². The number of rotatable bonds is 0. The van der Waals surface area contributed by atoms with Crippen molar-refractivity contribution in [3.05, 3.63) is 61.2 Å². The first-order chi connectivity index (χ1) is 6.00. The van der Waals surface area contributed by atoms with Crippen LogP contribution in [0.3, 0.4) is 0 Å². The first kappa shape index (κ1) is 11.9. The Bertz CT molecular complexity index is 188. The van der Waals surface area contributed by atoms with Crippen LogP contribution in [0.5, 0.6) is 0 Å². The van der Waals surface area contributed by atoms with Crippen molar-refractivity contribution in [3.63, 3.8) is 0 Å². The summed E-state index contributed by atoms with van der Waals surface area (Å²) in [5, 5.41) is 0. The quantitative estimate of drug-likeness (QED) is 0.532. The smallest absolute Gasteiger partial charge is 0.394 e. The molecule has 2 aromatic rings. The number of nitrogens with zero attached hydrogens (tertiary/aromatic N) is 2. The molecule has 2 nitrogen and oxygen atoms in total. The van der Waals surface area contributed by atoms with E-state index in [1.54, 1.807) is 24.5 Å². The van der Waals surface area contributed by atoms with E-state index < -0.39 is 0 Å². The topological polar surface area (TPSA) is 25.8 Å². The second-order valence-electron chi connectivity index (χ2n) is 1.92. The first-order valence-corrected chi connectivity index (χ1v) is 3.54. The van der Waals surface area contributed by atoms with Crippen LogP contribution in [0, 0.1) is 12.4 Å². The van der Waals surface area contributed by atoms with Gasteiger partial charge in [0.25, 0.3) is 0 Å². The third kappa shape index (κ3) is 7.29. The molecular weight excluding hydrogens is 251 g/mol. The fourth-order valence-corrected chi connectivity index (χ4v) is 0.555. The molecular formula is C10H8N2Rh. The van der Waals surface area contributed by atoms with Crippen LogP contribution in [-0.2, 0) is 19.5 Å². The van der Waals surface area contributed by atoms with Crippen LogP contribution >= 0.6 is 0 Å². The van der Waals surface area contributed by atoms with Gasteiger partial charge >= 0.3 is 19.5 Å². The maximum atomic E-state index is 3.66. The van der Waals surface area contributed by atoms with E-state index in [2.05, 4.69) is 22.4 Å². The Morgan fingerprint density at radius 1 is 0.692 bits per heavy atom. The normalized spacial score (nSPS) is 7.38. The van der Waals surface area contributed by atoms with Crippen LogP contribution in [0.4, 0.5) is 0 Å². The Morgan fingerprint density at radius 3 is 1.23 bits per heavy atom. The molecule has 0 aromatic carbocycles. The van der Waals surface area contributed by atoms with Gasteiger partial charge in [0.15, 0.2) is 0 Å². The zero-order valence-corrected chi connectivity index (χ0v) is 8.49. The third-order valence-corrected chi connectivity index (χ3v) is 1.03. The maximum absolute atomic E-state index is 3.66. The SMILES string of the molecule is [Rh+2].[c-]1ccccn1.[c-]1ccccn1. The fraction of sp³-hybridized carbons (Fsp3) is 0. The minimum Gasteiger partial charge on any atom is -0.394 e. The Balaban J connectivity index is 0.000000206. The van der Waals surface area contributed by atoms with Crippen molar-refractivity contribution in [2.45, 2.75) is 0 Å². The van der Waals surface area contributed by atoms with Crippen LogP contribution in [0.2, 0.25) is 0 Å². The molecule has 0 spiro atoms. The van der Waals surface area contributed by atoms with Gasteiger partial charge in [-0.15, -0.1) is 0 Å². The Morgan fingerprint density at radius 2 is 1.15 bits per heavy atom. The van der Waals surface area contributed by atoms with Crippen molar-refractivity contribution in [3.8, 4) is 0 Å². The average Bonchev–Trinajstić information content (AvgIpc) is 2.24. The van der Waals surface area contributed by atoms with Crippen molar-refractivity contribution in [1.29, 1.82) is 0 Å². The van der Waals surface area contributed by atoms with Gasteiger partial charge in [0, 0.05) is 0 Å². The van der Waals surface area contributed by atoms with E-state index in [1.165, 1.54) is 0 Å². The zero-order valence-electron chi connectivity index (χ0n) is 6.85. The molecule has 1 radical (unpaired) electrons. The summed E-state index contributed by atoms with van der Waals surface area (Å²) in [5.74, 6) is 0. The summed E-state index contributed by atoms with van der Waals surface area (Å²) >= 11 is 0. The van der Waals surface area contributed by atoms with Crippen LogP contribution in [0.1, 0.15) is 0 Å². The maximum Gasteiger partial charge on any atom is 2.00 e. The number of hydrogen-bond acceptors (Lipinski definition) is 2. The van der Waals surface area contributed by atoms with Gasteiger partial charge in [-0.05, 0) is 0 Å². The summed E-state index contributed by atoms with van der Waals surface area (Å²) in [7, 11) is 0. The first-order valence-electron chi connectivity index (χ1n) is 3.54. The van der Waals surface area contributed by atoms with E-state index in [0.717, 1.165) is 0 Å². The van der Waals surface area contributed by atoms with Gasteiger partial charge in [0.2, 0.25) is 0 Å². The second-order valence-corrected chi connectivity index (χ2v) is 1.92. The number of pyridine rings is 2. The molecule has 0 aliphatic rings. The molecule has 0 N–H and O–H groups in total. The molecule has 0 aliphatic heterocycles. The number of hydrogen-bond donors (Lipinski definition) is 0. The predicted molar refractivity (Wildman–Crippen MR) is 46.1 cm³/mol. The predicted octanol–water partition coefficient (Wildman–Crippen LogP) is 1.76. The van der Waals surface area contributed by atoms with Crippen molar-refractivity contribution in [2.75, 3.05) is 0 Å². The van der Waals surface area contributed by atoms with Crippen molar-refractivity contribution in [2.24, 2.45) is 0 Å². The number of aromatic nitrogens is 2. The summed E-state index contributed by atoms with van der Waals surface area (Å²) in [6.45, 7) is 0. The van der Waals surface area contributed by atoms with Crippen LogP contribution in [0.25, 0.3) is 0 Å². The molecule has 0 amide bonds. The van der Waals surface area contributed by atoms with Gasteiger partial charge in [-0.3, -0.25) is 0 Å². The van der Waals surface area contributed by atoms with Crippen LogP contribution in [-0.4, -0.2) is 9.97 Å². The molecule has 2 aromatic heterocycles. The minimum absolute atomic E-state index is 0. The minimum atomic E-state index is 0. The van der Waals surface area contributed by atoms with Crippen molar-refractivity contribution in [1.82, 2.24) is 9.97 Å². The summed E-state index contributed by atoms with van der Waals surface area (Å²) < 4.78 is 0. The molecule has 0 aliphatic carbocycles. The molecule has 67 valence electrons.